The number of benzene rings is 2. The topological polar surface area (TPSA) is 108 Å². The summed E-state index contributed by atoms with van der Waals surface area (Å²) in [5.74, 6) is -2.55. The molecule has 1 atom stereocenters. The van der Waals surface area contributed by atoms with Gasteiger partial charge < -0.3 is 19.5 Å². The van der Waals surface area contributed by atoms with E-state index in [-0.39, 0.29) is 50.1 Å². The number of hydrogen-bond acceptors (Lipinski definition) is 7. The lowest BCUT2D eigenvalue weighted by Crippen LogP contribution is -2.32. The van der Waals surface area contributed by atoms with Gasteiger partial charge in [-0.05, 0) is 76.6 Å². The van der Waals surface area contributed by atoms with Crippen molar-refractivity contribution in [2.45, 2.75) is 90.8 Å². The maximum Gasteiger partial charge on any atom is 0.310 e. The molecule has 2 aromatic rings. The summed E-state index contributed by atoms with van der Waals surface area (Å²) in [6.45, 7) is 11.1. The smallest absolute Gasteiger partial charge is 0.310 e. The van der Waals surface area contributed by atoms with Gasteiger partial charge in [0.15, 0.2) is 0 Å². The second-order valence-corrected chi connectivity index (χ2v) is 12.4. The van der Waals surface area contributed by atoms with Gasteiger partial charge in [0.2, 0.25) is 5.91 Å². The van der Waals surface area contributed by atoms with Crippen LogP contribution >= 0.6 is 0 Å². The molecule has 0 heterocycles. The fraction of sp³-hybridized carbons (Fsp3) is 0.515. The molecule has 0 bridgehead atoms. The van der Waals surface area contributed by atoms with Crippen molar-refractivity contribution in [2.75, 3.05) is 13.2 Å². The monoisotopic (exact) mass is 565 g/mol. The van der Waals surface area contributed by atoms with Crippen molar-refractivity contribution in [1.29, 1.82) is 0 Å². The number of nitrogens with one attached hydrogen (secondary N) is 1. The molecule has 0 radical (unpaired) electrons. The van der Waals surface area contributed by atoms with Crippen molar-refractivity contribution in [1.82, 2.24) is 5.32 Å². The number of ether oxygens (including phenoxy) is 3. The molecule has 0 aliphatic heterocycles. The number of esters is 3. The van der Waals surface area contributed by atoms with Crippen LogP contribution in [-0.4, -0.2) is 48.2 Å². The van der Waals surface area contributed by atoms with Gasteiger partial charge in [-0.1, -0.05) is 48.5 Å². The summed E-state index contributed by atoms with van der Waals surface area (Å²) in [6.07, 6.45) is 0.622. The second kappa shape index (κ2) is 13.8. The van der Waals surface area contributed by atoms with Gasteiger partial charge in [0.1, 0.15) is 17.8 Å². The first-order valence-corrected chi connectivity index (χ1v) is 14.3. The highest BCUT2D eigenvalue weighted by atomic mass is 16.6. The van der Waals surface area contributed by atoms with Crippen LogP contribution in [0.5, 0.6) is 0 Å². The molecule has 0 fully saturated rings. The lowest BCUT2D eigenvalue weighted by Gasteiger charge is -2.24. The molecule has 0 saturated heterocycles. The molecule has 222 valence electrons. The van der Waals surface area contributed by atoms with Gasteiger partial charge in [0.25, 0.3) is 0 Å². The maximum atomic E-state index is 12.9. The Kier molecular flexibility index (Phi) is 10.7. The molecule has 0 aromatic heterocycles. The highest BCUT2D eigenvalue weighted by Gasteiger charge is 2.31. The highest BCUT2D eigenvalue weighted by Crippen LogP contribution is 2.44. The van der Waals surface area contributed by atoms with E-state index in [1.807, 2.05) is 36.4 Å². The van der Waals surface area contributed by atoms with Crippen LogP contribution in [0.3, 0.4) is 0 Å². The van der Waals surface area contributed by atoms with Crippen molar-refractivity contribution in [3.8, 4) is 11.1 Å². The van der Waals surface area contributed by atoms with E-state index in [0.29, 0.717) is 13.0 Å². The molecule has 8 heteroatoms. The summed E-state index contributed by atoms with van der Waals surface area (Å²) in [4.78, 5) is 50.2. The molecule has 3 rings (SSSR count). The fourth-order valence-electron chi connectivity index (χ4n) is 4.81. The third-order valence-corrected chi connectivity index (χ3v) is 6.55. The van der Waals surface area contributed by atoms with E-state index in [4.69, 9.17) is 14.2 Å². The van der Waals surface area contributed by atoms with E-state index < -0.39 is 29.1 Å². The quantitative estimate of drug-likeness (QED) is 0.200. The van der Waals surface area contributed by atoms with Crippen molar-refractivity contribution < 1.29 is 33.4 Å². The maximum absolute atomic E-state index is 12.9. The molecular formula is C33H43NO7. The van der Waals surface area contributed by atoms with Crippen LogP contribution < -0.4 is 5.32 Å². The van der Waals surface area contributed by atoms with E-state index in [2.05, 4.69) is 17.4 Å². The number of carbonyl (C=O) groups is 4. The summed E-state index contributed by atoms with van der Waals surface area (Å²) < 4.78 is 16.5. The lowest BCUT2D eigenvalue weighted by molar-refractivity contribution is -0.164. The molecule has 8 nitrogen and oxygen atoms in total. The van der Waals surface area contributed by atoms with Crippen molar-refractivity contribution in [2.24, 2.45) is 5.92 Å². The van der Waals surface area contributed by atoms with E-state index in [0.717, 1.165) is 22.3 Å². The van der Waals surface area contributed by atoms with Crippen LogP contribution in [0.4, 0.5) is 0 Å². The molecule has 41 heavy (non-hydrogen) atoms. The van der Waals surface area contributed by atoms with Gasteiger partial charge in [-0.25, -0.2) is 0 Å². The first-order valence-electron chi connectivity index (χ1n) is 14.3. The Labute approximate surface area is 243 Å². The first-order chi connectivity index (χ1) is 19.2. The molecule has 1 aliphatic rings. The van der Waals surface area contributed by atoms with Crippen molar-refractivity contribution in [3.05, 3.63) is 59.7 Å². The van der Waals surface area contributed by atoms with Crippen LogP contribution in [0, 0.1) is 5.92 Å². The molecule has 0 saturated carbocycles. The van der Waals surface area contributed by atoms with Gasteiger partial charge in [-0.3, -0.25) is 19.2 Å². The minimum absolute atomic E-state index is 0.0347. The molecule has 1 N–H and O–H groups in total. The average molecular weight is 566 g/mol. The van der Waals surface area contributed by atoms with Crippen LogP contribution in [0.2, 0.25) is 0 Å². The molecule has 2 aromatic carbocycles. The standard InChI is InChI=1S/C33H43NO7/c1-32(2,3)40-29(36)16-11-19-34-28(35)18-17-22(31(38)41-33(4,5)6)20-30(37)39-21-27-25-14-9-7-12-23(25)24-13-8-10-15-26(24)27/h7-10,12-15,22,27H,11,16-21H2,1-6H3,(H,34,35)/t22-/m1/s1. The minimum Gasteiger partial charge on any atom is -0.465 e. The van der Waals surface area contributed by atoms with Gasteiger partial charge in [0.05, 0.1) is 12.3 Å². The third-order valence-electron chi connectivity index (χ3n) is 6.55. The largest absolute Gasteiger partial charge is 0.465 e. The third kappa shape index (κ3) is 10.0. The average Bonchev–Trinajstić information content (AvgIpc) is 3.19. The number of hydrogen-bond donors (Lipinski definition) is 1. The summed E-state index contributed by atoms with van der Waals surface area (Å²) in [6, 6.07) is 16.2. The van der Waals surface area contributed by atoms with Gasteiger partial charge >= 0.3 is 17.9 Å². The number of amides is 1. The van der Waals surface area contributed by atoms with Gasteiger partial charge in [-0.2, -0.15) is 0 Å². The normalized spacial score (nSPS) is 13.5. The Morgan fingerprint density at radius 2 is 1.34 bits per heavy atom. The minimum atomic E-state index is -0.822. The zero-order valence-corrected chi connectivity index (χ0v) is 25.1. The van der Waals surface area contributed by atoms with Crippen LogP contribution in [-0.2, 0) is 33.4 Å². The Morgan fingerprint density at radius 3 is 1.90 bits per heavy atom. The molecule has 0 spiro atoms. The summed E-state index contributed by atoms with van der Waals surface area (Å²) in [7, 11) is 0. The van der Waals surface area contributed by atoms with E-state index >= 15 is 0 Å². The zero-order chi connectivity index (χ0) is 30.2. The number of fused-ring (bicyclic) bond motifs is 3. The number of rotatable bonds is 12. The van der Waals surface area contributed by atoms with Gasteiger partial charge in [0, 0.05) is 25.3 Å². The Hall–Kier alpha value is -3.68. The van der Waals surface area contributed by atoms with Gasteiger partial charge in [-0.15, -0.1) is 0 Å². The molecule has 0 unspecified atom stereocenters. The van der Waals surface area contributed by atoms with Crippen LogP contribution in [0.1, 0.15) is 90.7 Å². The predicted octanol–water partition coefficient (Wildman–Crippen LogP) is 5.71. The summed E-state index contributed by atoms with van der Waals surface area (Å²) in [5.41, 5.74) is 3.19. The van der Waals surface area contributed by atoms with Crippen LogP contribution in [0.15, 0.2) is 48.5 Å². The van der Waals surface area contributed by atoms with E-state index in [9.17, 15) is 19.2 Å². The molecule has 1 aliphatic carbocycles. The SMILES string of the molecule is CC(C)(C)OC(=O)CCCNC(=O)CC[C@H](CC(=O)OCC1c2ccccc2-c2ccccc21)C(=O)OC(C)(C)C. The molecular weight excluding hydrogens is 522 g/mol. The van der Waals surface area contributed by atoms with Crippen molar-refractivity contribution >= 4 is 23.8 Å². The second-order valence-electron chi connectivity index (χ2n) is 12.4. The zero-order valence-electron chi connectivity index (χ0n) is 25.1. The first kappa shape index (κ1) is 31.8. The van der Waals surface area contributed by atoms with E-state index in [1.54, 1.807) is 41.5 Å². The van der Waals surface area contributed by atoms with Crippen molar-refractivity contribution in [3.63, 3.8) is 0 Å². The Balaban J connectivity index is 1.53. The fourth-order valence-corrected chi connectivity index (χ4v) is 4.81. The summed E-state index contributed by atoms with van der Waals surface area (Å²) in [5, 5.41) is 2.76. The van der Waals surface area contributed by atoms with E-state index in [1.165, 1.54) is 0 Å². The lowest BCUT2D eigenvalue weighted by atomic mass is 9.97. The predicted molar refractivity (Wildman–Crippen MR) is 156 cm³/mol. The Bertz CT molecular complexity index is 1190. The summed E-state index contributed by atoms with van der Waals surface area (Å²) >= 11 is 0. The highest BCUT2D eigenvalue weighted by molar-refractivity contribution is 5.82. The molecule has 1 amide bonds. The Morgan fingerprint density at radius 1 is 0.780 bits per heavy atom. The van der Waals surface area contributed by atoms with Crippen LogP contribution in [0.25, 0.3) is 11.1 Å². The number of carbonyl (C=O) groups excluding carboxylic acids is 4.